The van der Waals surface area contributed by atoms with E-state index >= 15 is 0 Å². The number of rotatable bonds is 1. The molecule has 0 aromatic heterocycles. The summed E-state index contributed by atoms with van der Waals surface area (Å²) in [6.45, 7) is 0. The highest BCUT2D eigenvalue weighted by atomic mass is 35.5. The van der Waals surface area contributed by atoms with Crippen LogP contribution in [-0.4, -0.2) is 5.91 Å². The van der Waals surface area contributed by atoms with Gasteiger partial charge >= 0.3 is 0 Å². The Morgan fingerprint density at radius 1 is 1.21 bits per heavy atom. The smallest absolute Gasteiger partial charge is 0.225 e. The Morgan fingerprint density at radius 2 is 2.00 bits per heavy atom. The van der Waals surface area contributed by atoms with E-state index in [1.54, 1.807) is 11.8 Å². The molecule has 3 rings (SSSR count). The molecule has 1 aliphatic rings. The zero-order valence-electron chi connectivity index (χ0n) is 10.1. The van der Waals surface area contributed by atoms with Crippen LogP contribution in [0.25, 0.3) is 0 Å². The number of halogens is 1. The highest BCUT2D eigenvalue weighted by molar-refractivity contribution is 7.99. The van der Waals surface area contributed by atoms with Crippen molar-refractivity contribution in [3.63, 3.8) is 0 Å². The first-order valence-electron chi connectivity index (χ1n) is 5.99. The van der Waals surface area contributed by atoms with E-state index in [-0.39, 0.29) is 11.8 Å². The molecule has 0 aliphatic carbocycles. The van der Waals surface area contributed by atoms with Gasteiger partial charge in [0.05, 0.1) is 5.92 Å². The van der Waals surface area contributed by atoms with Gasteiger partial charge in [-0.15, -0.1) is 0 Å². The summed E-state index contributed by atoms with van der Waals surface area (Å²) in [4.78, 5) is 14.0. The largest absolute Gasteiger partial charge is 0.369 e. The molecule has 0 saturated carbocycles. The Hall–Kier alpha value is -1.45. The Kier molecular flexibility index (Phi) is 3.25. The third kappa shape index (κ3) is 2.36. The van der Waals surface area contributed by atoms with E-state index in [9.17, 15) is 4.79 Å². The van der Waals surface area contributed by atoms with Crippen molar-refractivity contribution < 1.29 is 4.79 Å². The van der Waals surface area contributed by atoms with Gasteiger partial charge in [0, 0.05) is 14.8 Å². The van der Waals surface area contributed by atoms with Crippen molar-refractivity contribution in [2.45, 2.75) is 22.1 Å². The van der Waals surface area contributed by atoms with Crippen LogP contribution < -0.4 is 5.73 Å². The molecule has 1 atom stereocenters. The van der Waals surface area contributed by atoms with Gasteiger partial charge in [-0.1, -0.05) is 41.6 Å². The summed E-state index contributed by atoms with van der Waals surface area (Å²) in [5, 5.41) is 0.688. The molecule has 0 spiro atoms. The molecule has 0 fully saturated rings. The fourth-order valence-corrected chi connectivity index (χ4v) is 3.69. The number of carbonyl (C=O) groups excluding carboxylic acids is 1. The average Bonchev–Trinajstić information content (AvgIpc) is 2.55. The number of benzene rings is 2. The van der Waals surface area contributed by atoms with Gasteiger partial charge in [0.1, 0.15) is 0 Å². The van der Waals surface area contributed by atoms with Gasteiger partial charge in [0.25, 0.3) is 0 Å². The highest BCUT2D eigenvalue weighted by Crippen LogP contribution is 2.42. The summed E-state index contributed by atoms with van der Waals surface area (Å²) in [5.74, 6) is -0.579. The molecule has 1 unspecified atom stereocenters. The first kappa shape index (κ1) is 12.6. The van der Waals surface area contributed by atoms with E-state index in [1.807, 2.05) is 42.5 Å². The zero-order chi connectivity index (χ0) is 13.4. The van der Waals surface area contributed by atoms with Crippen LogP contribution in [0.1, 0.15) is 17.0 Å². The van der Waals surface area contributed by atoms with Crippen LogP contribution >= 0.6 is 23.4 Å². The average molecular weight is 290 g/mol. The van der Waals surface area contributed by atoms with Gasteiger partial charge in [0.2, 0.25) is 5.91 Å². The summed E-state index contributed by atoms with van der Waals surface area (Å²) in [5.41, 5.74) is 7.65. The first-order chi connectivity index (χ1) is 9.15. The van der Waals surface area contributed by atoms with E-state index in [1.165, 1.54) is 0 Å². The fourth-order valence-electron chi connectivity index (χ4n) is 2.37. The third-order valence-electron chi connectivity index (χ3n) is 3.30. The lowest BCUT2D eigenvalue weighted by atomic mass is 9.91. The van der Waals surface area contributed by atoms with Crippen LogP contribution in [0.4, 0.5) is 0 Å². The van der Waals surface area contributed by atoms with Crippen molar-refractivity contribution in [3.8, 4) is 0 Å². The summed E-state index contributed by atoms with van der Waals surface area (Å²) in [6.07, 6.45) is 0.606. The van der Waals surface area contributed by atoms with Crippen LogP contribution in [0.15, 0.2) is 52.3 Å². The normalized spacial score (nSPS) is 17.2. The molecular weight excluding hydrogens is 278 g/mol. The van der Waals surface area contributed by atoms with Gasteiger partial charge in [-0.2, -0.15) is 0 Å². The number of hydrogen-bond donors (Lipinski definition) is 1. The first-order valence-corrected chi connectivity index (χ1v) is 7.19. The molecule has 2 nitrogen and oxygen atoms in total. The second kappa shape index (κ2) is 4.91. The van der Waals surface area contributed by atoms with Crippen molar-refractivity contribution in [1.29, 1.82) is 0 Å². The number of primary amides is 1. The van der Waals surface area contributed by atoms with Crippen LogP contribution in [0.2, 0.25) is 5.02 Å². The molecular formula is C15H12ClNOS. The second-order valence-electron chi connectivity index (χ2n) is 4.55. The van der Waals surface area contributed by atoms with Crippen molar-refractivity contribution >= 4 is 29.3 Å². The number of hydrogen-bond acceptors (Lipinski definition) is 2. The van der Waals surface area contributed by atoms with Crippen LogP contribution in [0, 0.1) is 0 Å². The number of nitrogens with two attached hydrogens (primary N) is 1. The summed E-state index contributed by atoms with van der Waals surface area (Å²) in [7, 11) is 0. The molecule has 2 aromatic rings. The molecule has 4 heteroatoms. The summed E-state index contributed by atoms with van der Waals surface area (Å²) in [6, 6.07) is 13.7. The topological polar surface area (TPSA) is 43.1 Å². The minimum absolute atomic E-state index is 0.289. The number of carbonyl (C=O) groups is 1. The summed E-state index contributed by atoms with van der Waals surface area (Å²) < 4.78 is 0. The lowest BCUT2D eigenvalue weighted by Crippen LogP contribution is -2.23. The molecule has 19 heavy (non-hydrogen) atoms. The molecule has 0 saturated heterocycles. The minimum atomic E-state index is -0.291. The van der Waals surface area contributed by atoms with E-state index in [0.717, 1.165) is 20.9 Å². The fraction of sp³-hybridized carbons (Fsp3) is 0.133. The maximum absolute atomic E-state index is 11.7. The van der Waals surface area contributed by atoms with Gasteiger partial charge < -0.3 is 5.73 Å². The van der Waals surface area contributed by atoms with Crippen LogP contribution in [0.3, 0.4) is 0 Å². The molecule has 0 radical (unpaired) electrons. The number of fused-ring (bicyclic) bond motifs is 2. The Balaban J connectivity index is 2.17. The minimum Gasteiger partial charge on any atom is -0.369 e. The summed E-state index contributed by atoms with van der Waals surface area (Å²) >= 11 is 7.71. The molecule has 2 aromatic carbocycles. The quantitative estimate of drug-likeness (QED) is 0.871. The Labute approximate surface area is 121 Å². The maximum Gasteiger partial charge on any atom is 0.225 e. The van der Waals surface area contributed by atoms with E-state index in [4.69, 9.17) is 17.3 Å². The van der Waals surface area contributed by atoms with Gasteiger partial charge in [-0.25, -0.2) is 0 Å². The van der Waals surface area contributed by atoms with Gasteiger partial charge in [-0.05, 0) is 41.8 Å². The molecule has 2 N–H and O–H groups in total. The van der Waals surface area contributed by atoms with E-state index in [0.29, 0.717) is 11.4 Å². The van der Waals surface area contributed by atoms with Gasteiger partial charge in [-0.3, -0.25) is 4.79 Å². The van der Waals surface area contributed by atoms with Crippen molar-refractivity contribution in [3.05, 3.63) is 58.6 Å². The predicted octanol–water partition coefficient (Wildman–Crippen LogP) is 3.62. The monoisotopic (exact) mass is 289 g/mol. The standard InChI is InChI=1S/C15H12ClNOS/c16-10-5-6-13-9(7-10)8-12(15(17)18)11-3-1-2-4-14(11)19-13/h1-7,12H,8H2,(H2,17,18). The molecule has 0 bridgehead atoms. The SMILES string of the molecule is NC(=O)C1Cc2cc(Cl)ccc2Sc2ccccc21. The maximum atomic E-state index is 11.7. The second-order valence-corrected chi connectivity index (χ2v) is 6.07. The lowest BCUT2D eigenvalue weighted by molar-refractivity contribution is -0.119. The van der Waals surface area contributed by atoms with Gasteiger partial charge in [0.15, 0.2) is 0 Å². The highest BCUT2D eigenvalue weighted by Gasteiger charge is 2.26. The third-order valence-corrected chi connectivity index (χ3v) is 4.75. The molecule has 96 valence electrons. The van der Waals surface area contributed by atoms with Crippen molar-refractivity contribution in [2.75, 3.05) is 0 Å². The van der Waals surface area contributed by atoms with Crippen molar-refractivity contribution in [1.82, 2.24) is 0 Å². The Morgan fingerprint density at radius 3 is 2.79 bits per heavy atom. The molecule has 1 amide bonds. The van der Waals surface area contributed by atoms with E-state index < -0.39 is 0 Å². The lowest BCUT2D eigenvalue weighted by Gasteiger charge is -2.13. The molecule has 1 heterocycles. The number of amides is 1. The Bertz CT molecular complexity index is 656. The predicted molar refractivity (Wildman–Crippen MR) is 77.7 cm³/mol. The van der Waals surface area contributed by atoms with Crippen molar-refractivity contribution in [2.24, 2.45) is 5.73 Å². The molecule has 1 aliphatic heterocycles. The van der Waals surface area contributed by atoms with Crippen LogP contribution in [-0.2, 0) is 11.2 Å². The zero-order valence-corrected chi connectivity index (χ0v) is 11.7. The van der Waals surface area contributed by atoms with Crippen LogP contribution in [0.5, 0.6) is 0 Å². The van der Waals surface area contributed by atoms with E-state index in [2.05, 4.69) is 0 Å².